The number of rotatable bonds is 2. The highest BCUT2D eigenvalue weighted by molar-refractivity contribution is 5.00. The molecular weight excluding hydrogens is 212 g/mol. The third kappa shape index (κ3) is 2.51. The molecule has 0 aromatic rings. The van der Waals surface area contributed by atoms with E-state index in [2.05, 4.69) is 10.2 Å². The molecule has 3 fully saturated rings. The second-order valence-electron chi connectivity index (χ2n) is 6.04. The summed E-state index contributed by atoms with van der Waals surface area (Å²) in [6.07, 6.45) is 10.1. The molecule has 1 unspecified atom stereocenters. The number of nitrogens with zero attached hydrogens (tertiary/aromatic N) is 1. The highest BCUT2D eigenvalue weighted by Crippen LogP contribution is 2.36. The topological polar surface area (TPSA) is 24.5 Å². The standard InChI is InChI=1S/C14H26N2O/c1-4-10-17-13(5-1)11-16-9-8-15-12-14(16)6-2-3-7-14/h13,15H,1-12H2. The second-order valence-corrected chi connectivity index (χ2v) is 6.04. The quantitative estimate of drug-likeness (QED) is 0.793. The van der Waals surface area contributed by atoms with E-state index in [4.69, 9.17) is 4.74 Å². The predicted molar refractivity (Wildman–Crippen MR) is 69.2 cm³/mol. The molecule has 1 saturated carbocycles. The number of piperazine rings is 1. The summed E-state index contributed by atoms with van der Waals surface area (Å²) in [6.45, 7) is 5.76. The van der Waals surface area contributed by atoms with Crippen LogP contribution in [-0.4, -0.2) is 49.3 Å². The maximum absolute atomic E-state index is 5.92. The smallest absolute Gasteiger partial charge is 0.0702 e. The van der Waals surface area contributed by atoms with Crippen molar-refractivity contribution in [3.8, 4) is 0 Å². The van der Waals surface area contributed by atoms with Gasteiger partial charge in [-0.1, -0.05) is 12.8 Å². The molecule has 3 rings (SSSR count). The molecule has 98 valence electrons. The van der Waals surface area contributed by atoms with Gasteiger partial charge in [-0.2, -0.15) is 0 Å². The van der Waals surface area contributed by atoms with Crippen LogP contribution in [0.25, 0.3) is 0 Å². The maximum atomic E-state index is 5.92. The molecule has 3 nitrogen and oxygen atoms in total. The van der Waals surface area contributed by atoms with Crippen LogP contribution >= 0.6 is 0 Å². The molecule has 1 spiro atoms. The fourth-order valence-electron chi connectivity index (χ4n) is 3.89. The van der Waals surface area contributed by atoms with Crippen LogP contribution in [0.1, 0.15) is 44.9 Å². The first-order valence-corrected chi connectivity index (χ1v) is 7.46. The monoisotopic (exact) mass is 238 g/mol. The first-order chi connectivity index (χ1) is 8.39. The van der Waals surface area contributed by atoms with Gasteiger partial charge in [0.15, 0.2) is 0 Å². The van der Waals surface area contributed by atoms with Crippen LogP contribution in [0.3, 0.4) is 0 Å². The van der Waals surface area contributed by atoms with Gasteiger partial charge >= 0.3 is 0 Å². The summed E-state index contributed by atoms with van der Waals surface area (Å²) in [7, 11) is 0. The van der Waals surface area contributed by atoms with Gasteiger partial charge < -0.3 is 10.1 Å². The molecule has 3 heteroatoms. The number of ether oxygens (including phenoxy) is 1. The zero-order valence-electron chi connectivity index (χ0n) is 10.9. The van der Waals surface area contributed by atoms with Gasteiger partial charge in [0, 0.05) is 38.3 Å². The van der Waals surface area contributed by atoms with Gasteiger partial charge in [0.25, 0.3) is 0 Å². The van der Waals surface area contributed by atoms with Gasteiger partial charge in [-0.3, -0.25) is 4.90 Å². The minimum Gasteiger partial charge on any atom is -0.377 e. The first-order valence-electron chi connectivity index (χ1n) is 7.46. The molecule has 17 heavy (non-hydrogen) atoms. The van der Waals surface area contributed by atoms with E-state index in [9.17, 15) is 0 Å². The molecule has 2 saturated heterocycles. The van der Waals surface area contributed by atoms with Gasteiger partial charge in [-0.05, 0) is 32.1 Å². The van der Waals surface area contributed by atoms with Crippen molar-refractivity contribution in [1.82, 2.24) is 10.2 Å². The summed E-state index contributed by atoms with van der Waals surface area (Å²) in [5.41, 5.74) is 0.485. The minimum atomic E-state index is 0.485. The lowest BCUT2D eigenvalue weighted by molar-refractivity contribution is -0.0382. The highest BCUT2D eigenvalue weighted by Gasteiger charge is 2.41. The summed E-state index contributed by atoms with van der Waals surface area (Å²) < 4.78 is 5.92. The van der Waals surface area contributed by atoms with E-state index in [0.717, 1.165) is 13.2 Å². The zero-order chi connectivity index (χ0) is 11.6. The van der Waals surface area contributed by atoms with Gasteiger partial charge in [-0.15, -0.1) is 0 Å². The molecule has 3 aliphatic rings. The van der Waals surface area contributed by atoms with Crippen molar-refractivity contribution >= 4 is 0 Å². The summed E-state index contributed by atoms with van der Waals surface area (Å²) in [5, 5.41) is 3.60. The van der Waals surface area contributed by atoms with Gasteiger partial charge in [0.2, 0.25) is 0 Å². The fraction of sp³-hybridized carbons (Fsp3) is 1.00. The molecule has 1 aliphatic carbocycles. The first kappa shape index (κ1) is 11.9. The van der Waals surface area contributed by atoms with Gasteiger partial charge in [0.1, 0.15) is 0 Å². The molecule has 1 N–H and O–H groups in total. The van der Waals surface area contributed by atoms with Crippen LogP contribution in [0.15, 0.2) is 0 Å². The van der Waals surface area contributed by atoms with Crippen LogP contribution in [0.4, 0.5) is 0 Å². The van der Waals surface area contributed by atoms with Crippen molar-refractivity contribution in [2.45, 2.75) is 56.6 Å². The third-order valence-electron chi connectivity index (χ3n) is 4.92. The van der Waals surface area contributed by atoms with Crippen LogP contribution in [-0.2, 0) is 4.74 Å². The Morgan fingerprint density at radius 3 is 2.82 bits per heavy atom. The van der Waals surface area contributed by atoms with Gasteiger partial charge in [-0.25, -0.2) is 0 Å². The van der Waals surface area contributed by atoms with Crippen molar-refractivity contribution in [2.75, 3.05) is 32.8 Å². The average Bonchev–Trinajstić information content (AvgIpc) is 2.83. The molecule has 0 amide bonds. The Labute approximate surface area is 105 Å². The van der Waals surface area contributed by atoms with Crippen LogP contribution < -0.4 is 5.32 Å². The Bertz CT molecular complexity index is 245. The number of nitrogens with one attached hydrogen (secondary N) is 1. The van der Waals surface area contributed by atoms with E-state index in [1.807, 2.05) is 0 Å². The molecule has 2 heterocycles. The molecular formula is C14H26N2O. The van der Waals surface area contributed by atoms with Crippen molar-refractivity contribution in [2.24, 2.45) is 0 Å². The Hall–Kier alpha value is -0.120. The Kier molecular flexibility index (Phi) is 3.69. The van der Waals surface area contributed by atoms with E-state index in [1.165, 1.54) is 64.6 Å². The molecule has 0 aromatic heterocycles. The van der Waals surface area contributed by atoms with E-state index in [1.54, 1.807) is 0 Å². The summed E-state index contributed by atoms with van der Waals surface area (Å²) in [6, 6.07) is 0. The summed E-state index contributed by atoms with van der Waals surface area (Å²) in [5.74, 6) is 0. The zero-order valence-corrected chi connectivity index (χ0v) is 10.9. The van der Waals surface area contributed by atoms with Crippen molar-refractivity contribution in [3.05, 3.63) is 0 Å². The van der Waals surface area contributed by atoms with E-state index in [0.29, 0.717) is 11.6 Å². The molecule has 0 radical (unpaired) electrons. The number of hydrogen-bond acceptors (Lipinski definition) is 3. The van der Waals surface area contributed by atoms with Crippen LogP contribution in [0, 0.1) is 0 Å². The van der Waals surface area contributed by atoms with Crippen LogP contribution in [0.2, 0.25) is 0 Å². The van der Waals surface area contributed by atoms with E-state index < -0.39 is 0 Å². The molecule has 2 aliphatic heterocycles. The highest BCUT2D eigenvalue weighted by atomic mass is 16.5. The van der Waals surface area contributed by atoms with Crippen molar-refractivity contribution in [1.29, 1.82) is 0 Å². The minimum absolute atomic E-state index is 0.485. The lowest BCUT2D eigenvalue weighted by Crippen LogP contribution is -2.61. The average molecular weight is 238 g/mol. The second kappa shape index (κ2) is 5.25. The Balaban J connectivity index is 1.62. The summed E-state index contributed by atoms with van der Waals surface area (Å²) in [4.78, 5) is 2.76. The molecule has 0 bridgehead atoms. The Morgan fingerprint density at radius 2 is 2.06 bits per heavy atom. The van der Waals surface area contributed by atoms with E-state index >= 15 is 0 Å². The largest absolute Gasteiger partial charge is 0.377 e. The predicted octanol–water partition coefficient (Wildman–Crippen LogP) is 1.77. The van der Waals surface area contributed by atoms with Gasteiger partial charge in [0.05, 0.1) is 6.10 Å². The maximum Gasteiger partial charge on any atom is 0.0702 e. The van der Waals surface area contributed by atoms with Crippen molar-refractivity contribution in [3.63, 3.8) is 0 Å². The SMILES string of the molecule is C1CCC(CN2CCNCC23CCCC3)OC1. The lowest BCUT2D eigenvalue weighted by Gasteiger charge is -2.47. The van der Waals surface area contributed by atoms with Crippen LogP contribution in [0.5, 0.6) is 0 Å². The molecule has 0 aromatic carbocycles. The normalized spacial score (nSPS) is 34.2. The number of hydrogen-bond donors (Lipinski definition) is 1. The Morgan fingerprint density at radius 1 is 1.18 bits per heavy atom. The fourth-order valence-corrected chi connectivity index (χ4v) is 3.89. The lowest BCUT2D eigenvalue weighted by atomic mass is 9.92. The van der Waals surface area contributed by atoms with Crippen molar-refractivity contribution < 1.29 is 4.74 Å². The summed E-state index contributed by atoms with van der Waals surface area (Å²) >= 11 is 0. The third-order valence-corrected chi connectivity index (χ3v) is 4.92. The molecule has 1 atom stereocenters. The van der Waals surface area contributed by atoms with E-state index in [-0.39, 0.29) is 0 Å².